The Morgan fingerprint density at radius 3 is 2.54 bits per heavy atom. The highest BCUT2D eigenvalue weighted by molar-refractivity contribution is 5.62. The van der Waals surface area contributed by atoms with E-state index >= 15 is 0 Å². The van der Waals surface area contributed by atoms with E-state index in [1.165, 1.54) is 10.8 Å². The van der Waals surface area contributed by atoms with Crippen molar-refractivity contribution in [3.05, 3.63) is 72.6 Å². The summed E-state index contributed by atoms with van der Waals surface area (Å²) < 4.78 is 7.46. The quantitative estimate of drug-likeness (QED) is 0.579. The molecule has 2 aromatic heterocycles. The van der Waals surface area contributed by atoms with Crippen molar-refractivity contribution in [1.82, 2.24) is 19.6 Å². The average Bonchev–Trinajstić information content (AvgIpc) is 3.12. The summed E-state index contributed by atoms with van der Waals surface area (Å²) in [4.78, 5) is 8.65. The lowest BCUT2D eigenvalue weighted by Crippen LogP contribution is -1.99. The molecule has 0 aliphatic rings. The molecule has 0 radical (unpaired) electrons. The lowest BCUT2D eigenvalue weighted by atomic mass is 10.1. The van der Waals surface area contributed by atoms with Crippen LogP contribution in [0.4, 0.5) is 0 Å². The van der Waals surface area contributed by atoms with Gasteiger partial charge in [-0.2, -0.15) is 19.9 Å². The van der Waals surface area contributed by atoms with Crippen molar-refractivity contribution in [2.45, 2.75) is 0 Å². The zero-order valence-electron chi connectivity index (χ0n) is 12.5. The highest BCUT2D eigenvalue weighted by Gasteiger charge is 2.11. The molecule has 0 bridgehead atoms. The van der Waals surface area contributed by atoms with Crippen LogP contribution in [0.2, 0.25) is 0 Å². The summed E-state index contributed by atoms with van der Waals surface area (Å²) in [5.74, 6) is 1.57. The van der Waals surface area contributed by atoms with Crippen LogP contribution in [0.15, 0.2) is 67.0 Å². The summed E-state index contributed by atoms with van der Waals surface area (Å²) in [5, 5.41) is 13.0. The first-order valence-electron chi connectivity index (χ1n) is 7.28. The number of aromatic nitrogens is 4. The zero-order valence-corrected chi connectivity index (χ0v) is 12.5. The topological polar surface area (TPSA) is 76.1 Å². The van der Waals surface area contributed by atoms with Crippen LogP contribution in [-0.4, -0.2) is 19.6 Å². The largest absolute Gasteiger partial charge is 0.439 e. The van der Waals surface area contributed by atoms with Crippen molar-refractivity contribution < 1.29 is 4.74 Å². The molecular formula is C18H11N5O. The van der Waals surface area contributed by atoms with Gasteiger partial charge in [-0.1, -0.05) is 30.3 Å². The second-order valence-electron chi connectivity index (χ2n) is 5.06. The van der Waals surface area contributed by atoms with Gasteiger partial charge in [-0.15, -0.1) is 0 Å². The van der Waals surface area contributed by atoms with Gasteiger partial charge in [-0.3, -0.25) is 0 Å². The molecule has 24 heavy (non-hydrogen) atoms. The summed E-state index contributed by atoms with van der Waals surface area (Å²) in [6.45, 7) is 0. The number of hydrogen-bond acceptors (Lipinski definition) is 5. The lowest BCUT2D eigenvalue weighted by molar-refractivity contribution is 0.446. The van der Waals surface area contributed by atoms with Gasteiger partial charge in [-0.25, -0.2) is 4.98 Å². The van der Waals surface area contributed by atoms with Crippen molar-refractivity contribution in [3.63, 3.8) is 0 Å². The van der Waals surface area contributed by atoms with Crippen LogP contribution in [0, 0.1) is 11.3 Å². The second kappa shape index (κ2) is 5.82. The molecular weight excluding hydrogens is 302 g/mol. The van der Waals surface area contributed by atoms with E-state index in [9.17, 15) is 0 Å². The predicted octanol–water partition coefficient (Wildman–Crippen LogP) is 3.46. The third-order valence-electron chi connectivity index (χ3n) is 3.49. The van der Waals surface area contributed by atoms with E-state index in [0.717, 1.165) is 11.3 Å². The average molecular weight is 313 g/mol. The fourth-order valence-electron chi connectivity index (χ4n) is 2.33. The molecule has 2 aromatic carbocycles. The van der Waals surface area contributed by atoms with Crippen LogP contribution in [0.1, 0.15) is 5.56 Å². The molecule has 0 aliphatic carbocycles. The van der Waals surface area contributed by atoms with Gasteiger partial charge in [0.2, 0.25) is 5.88 Å². The number of rotatable bonds is 3. The molecule has 4 aromatic rings. The van der Waals surface area contributed by atoms with E-state index < -0.39 is 0 Å². The number of fused-ring (bicyclic) bond motifs is 1. The second-order valence-corrected chi connectivity index (χ2v) is 5.06. The van der Waals surface area contributed by atoms with Crippen LogP contribution in [0.25, 0.3) is 17.0 Å². The van der Waals surface area contributed by atoms with E-state index in [0.29, 0.717) is 23.0 Å². The van der Waals surface area contributed by atoms with Crippen LogP contribution >= 0.6 is 0 Å². The van der Waals surface area contributed by atoms with E-state index in [2.05, 4.69) is 21.1 Å². The highest BCUT2D eigenvalue weighted by atomic mass is 16.5. The summed E-state index contributed by atoms with van der Waals surface area (Å²) in [7, 11) is 0. The first-order chi connectivity index (χ1) is 11.8. The molecule has 114 valence electrons. The monoisotopic (exact) mass is 313 g/mol. The van der Waals surface area contributed by atoms with Crippen LogP contribution < -0.4 is 4.74 Å². The Balaban J connectivity index is 1.78. The summed E-state index contributed by atoms with van der Waals surface area (Å²) in [6.07, 6.45) is 1.43. The molecule has 2 heterocycles. The minimum Gasteiger partial charge on any atom is -0.439 e. The minimum atomic E-state index is 0.458. The Hall–Kier alpha value is -3.72. The molecule has 0 saturated carbocycles. The summed E-state index contributed by atoms with van der Waals surface area (Å²) in [6, 6.07) is 20.6. The van der Waals surface area contributed by atoms with Gasteiger partial charge in [0.15, 0.2) is 0 Å². The van der Waals surface area contributed by atoms with Crippen LogP contribution in [0.5, 0.6) is 11.6 Å². The van der Waals surface area contributed by atoms with Crippen molar-refractivity contribution in [2.75, 3.05) is 0 Å². The number of ether oxygens (including phenoxy) is 1. The SMILES string of the molecule is N#Cc1ccc(Oc2cc(-c3ccccc3)nc3ncnn23)cc1. The van der Waals surface area contributed by atoms with Gasteiger partial charge in [0.25, 0.3) is 5.78 Å². The number of benzene rings is 2. The lowest BCUT2D eigenvalue weighted by Gasteiger charge is -2.09. The van der Waals surface area contributed by atoms with E-state index in [-0.39, 0.29) is 0 Å². The van der Waals surface area contributed by atoms with E-state index in [4.69, 9.17) is 10.00 Å². The maximum absolute atomic E-state index is 8.87. The molecule has 0 unspecified atom stereocenters. The van der Waals surface area contributed by atoms with Crippen LogP contribution in [-0.2, 0) is 0 Å². The van der Waals surface area contributed by atoms with Crippen LogP contribution in [0.3, 0.4) is 0 Å². The number of nitriles is 1. The first-order valence-corrected chi connectivity index (χ1v) is 7.28. The van der Waals surface area contributed by atoms with Gasteiger partial charge in [0, 0.05) is 11.6 Å². The third kappa shape index (κ3) is 2.55. The maximum atomic E-state index is 8.87. The summed E-state index contributed by atoms with van der Waals surface area (Å²) in [5.41, 5.74) is 2.29. The Bertz CT molecular complexity index is 1030. The number of hydrogen-bond donors (Lipinski definition) is 0. The standard InChI is InChI=1S/C18H11N5O/c19-11-13-6-8-15(9-7-13)24-17-10-16(14-4-2-1-3-5-14)22-18-20-12-21-23(17)18/h1-10,12H. The molecule has 6 heteroatoms. The molecule has 0 fully saturated rings. The predicted molar refractivity (Wildman–Crippen MR) is 87.4 cm³/mol. The zero-order chi connectivity index (χ0) is 16.4. The van der Waals surface area contributed by atoms with Crippen molar-refractivity contribution in [3.8, 4) is 29.0 Å². The molecule has 0 saturated heterocycles. The highest BCUT2D eigenvalue weighted by Crippen LogP contribution is 2.26. The fraction of sp³-hybridized carbons (Fsp3) is 0. The Labute approximate surface area is 137 Å². The maximum Gasteiger partial charge on any atom is 0.255 e. The van der Waals surface area contributed by atoms with E-state index in [1.54, 1.807) is 24.3 Å². The smallest absolute Gasteiger partial charge is 0.255 e. The molecule has 0 N–H and O–H groups in total. The molecule has 0 aliphatic heterocycles. The molecule has 0 amide bonds. The summed E-state index contributed by atoms with van der Waals surface area (Å²) >= 11 is 0. The van der Waals surface area contributed by atoms with Gasteiger partial charge in [-0.05, 0) is 24.3 Å². The third-order valence-corrected chi connectivity index (χ3v) is 3.49. The van der Waals surface area contributed by atoms with Gasteiger partial charge in [0.1, 0.15) is 12.1 Å². The Kier molecular flexibility index (Phi) is 3.37. The first kappa shape index (κ1) is 13.9. The molecule has 0 spiro atoms. The Morgan fingerprint density at radius 1 is 1.00 bits per heavy atom. The molecule has 0 atom stereocenters. The van der Waals surface area contributed by atoms with Gasteiger partial charge in [0.05, 0.1) is 17.3 Å². The molecule has 4 rings (SSSR count). The van der Waals surface area contributed by atoms with Gasteiger partial charge < -0.3 is 4.74 Å². The van der Waals surface area contributed by atoms with Gasteiger partial charge >= 0.3 is 0 Å². The fourth-order valence-corrected chi connectivity index (χ4v) is 2.33. The van der Waals surface area contributed by atoms with Crippen molar-refractivity contribution >= 4 is 5.78 Å². The van der Waals surface area contributed by atoms with Crippen molar-refractivity contribution in [2.24, 2.45) is 0 Å². The normalized spacial score (nSPS) is 10.5. The minimum absolute atomic E-state index is 0.458. The van der Waals surface area contributed by atoms with Crippen molar-refractivity contribution in [1.29, 1.82) is 5.26 Å². The molecule has 6 nitrogen and oxygen atoms in total. The Morgan fingerprint density at radius 2 is 1.79 bits per heavy atom. The number of nitrogens with zero attached hydrogens (tertiary/aromatic N) is 5. The van der Waals surface area contributed by atoms with E-state index in [1.807, 2.05) is 36.4 Å².